The summed E-state index contributed by atoms with van der Waals surface area (Å²) in [5, 5.41) is 9.50. The average Bonchev–Trinajstić information content (AvgIpc) is 2.80. The Morgan fingerprint density at radius 3 is 2.67 bits per heavy atom. The number of aliphatic hydroxyl groups is 1. The van der Waals surface area contributed by atoms with Crippen molar-refractivity contribution in [3.05, 3.63) is 54.1 Å². The molecule has 0 fully saturated rings. The van der Waals surface area contributed by atoms with Crippen LogP contribution in [0, 0.1) is 0 Å². The van der Waals surface area contributed by atoms with Gasteiger partial charge in [0.2, 0.25) is 0 Å². The van der Waals surface area contributed by atoms with Crippen molar-refractivity contribution in [2.24, 2.45) is 0 Å². The molecule has 1 aliphatic heterocycles. The Balaban J connectivity index is 1.97. The molecular weight excluding hydrogens is 247 g/mol. The van der Waals surface area contributed by atoms with E-state index in [1.165, 1.54) is 7.48 Å². The summed E-state index contributed by atoms with van der Waals surface area (Å²) < 4.78 is 17.3. The summed E-state index contributed by atoms with van der Waals surface area (Å²) in [6, 6.07) is 14.6. The molecule has 2 atom stereocenters. The fraction of sp³-hybridized carbons (Fsp3) is 0.0769. The van der Waals surface area contributed by atoms with Crippen molar-refractivity contribution in [2.75, 3.05) is 0 Å². The van der Waals surface area contributed by atoms with Gasteiger partial charge in [-0.3, -0.25) is 0 Å². The lowest BCUT2D eigenvalue weighted by atomic mass is 9.87. The molecule has 1 radical (unpaired) electrons. The van der Waals surface area contributed by atoms with E-state index in [0.717, 1.165) is 10.4 Å². The van der Waals surface area contributed by atoms with Crippen LogP contribution in [0.1, 0.15) is 11.9 Å². The van der Waals surface area contributed by atoms with Gasteiger partial charge in [-0.2, -0.15) is 0 Å². The summed E-state index contributed by atoms with van der Waals surface area (Å²) in [6.45, 7) is 0. The van der Waals surface area contributed by atoms with Gasteiger partial charge in [0.1, 0.15) is 0 Å². The summed E-state index contributed by atoms with van der Waals surface area (Å²) in [7, 11) is 0.284. The zero-order chi connectivity index (χ0) is 12.5. The van der Waals surface area contributed by atoms with Gasteiger partial charge in [0, 0.05) is 15.4 Å². The number of rotatable bonds is 2. The lowest BCUT2D eigenvalue weighted by molar-refractivity contribution is -0.00795. The third-order valence-corrected chi connectivity index (χ3v) is 4.20. The van der Waals surface area contributed by atoms with E-state index < -0.39 is 17.1 Å². The molecule has 18 heavy (non-hydrogen) atoms. The van der Waals surface area contributed by atoms with Crippen molar-refractivity contribution < 1.29 is 14.0 Å². The molecule has 5 heteroatoms. The molecule has 0 spiro atoms. The van der Waals surface area contributed by atoms with E-state index >= 15 is 0 Å². The van der Waals surface area contributed by atoms with Gasteiger partial charge in [-0.05, 0) is 29.7 Å². The maximum atomic E-state index is 12.3. The van der Waals surface area contributed by atoms with E-state index in [4.69, 9.17) is 4.65 Å². The molecule has 1 aliphatic rings. The molecule has 3 nitrogen and oxygen atoms in total. The van der Waals surface area contributed by atoms with Crippen molar-refractivity contribution in [2.45, 2.75) is 16.1 Å². The van der Waals surface area contributed by atoms with E-state index in [1.807, 2.05) is 30.3 Å². The van der Waals surface area contributed by atoms with Crippen LogP contribution in [0.4, 0.5) is 0 Å². The zero-order valence-electron chi connectivity index (χ0n) is 9.45. The highest BCUT2D eigenvalue weighted by atomic mass is 32.2. The Kier molecular flexibility index (Phi) is 3.03. The lowest BCUT2D eigenvalue weighted by Gasteiger charge is -2.06. The minimum absolute atomic E-state index is 0.703. The standard InChI is InChI=1S/C13H10BO3S/c15-13-11-7-6-10(8-12(11)14-17-13)18(16)9-4-2-1-3-5-9/h1-8,13,15H. The second-order valence-electron chi connectivity index (χ2n) is 3.98. The molecule has 0 amide bonds. The fourth-order valence-corrected chi connectivity index (χ4v) is 2.99. The van der Waals surface area contributed by atoms with Crippen LogP contribution in [0.15, 0.2) is 58.3 Å². The molecule has 89 valence electrons. The summed E-state index contributed by atoms with van der Waals surface area (Å²) in [6.07, 6.45) is -0.904. The van der Waals surface area contributed by atoms with Gasteiger partial charge < -0.3 is 9.76 Å². The third kappa shape index (κ3) is 2.01. The minimum atomic E-state index is -1.21. The Morgan fingerprint density at radius 1 is 1.11 bits per heavy atom. The van der Waals surface area contributed by atoms with Gasteiger partial charge in [0.05, 0.1) is 10.8 Å². The predicted octanol–water partition coefficient (Wildman–Crippen LogP) is 1.12. The van der Waals surface area contributed by atoms with Gasteiger partial charge in [-0.1, -0.05) is 24.3 Å². The van der Waals surface area contributed by atoms with E-state index in [1.54, 1.807) is 18.2 Å². The number of hydrogen-bond acceptors (Lipinski definition) is 3. The van der Waals surface area contributed by atoms with Crippen LogP contribution in [-0.2, 0) is 15.5 Å². The van der Waals surface area contributed by atoms with Crippen molar-refractivity contribution in [1.82, 2.24) is 0 Å². The van der Waals surface area contributed by atoms with Crippen LogP contribution in [0.25, 0.3) is 0 Å². The predicted molar refractivity (Wildman–Crippen MR) is 69.0 cm³/mol. The zero-order valence-corrected chi connectivity index (χ0v) is 10.3. The SMILES string of the molecule is O=S(c1ccccc1)c1ccc2c(c1)[B]OC2O. The minimum Gasteiger partial charge on any atom is -0.407 e. The van der Waals surface area contributed by atoms with E-state index in [2.05, 4.69) is 0 Å². The second-order valence-corrected chi connectivity index (χ2v) is 5.46. The van der Waals surface area contributed by atoms with Crippen LogP contribution in [0.2, 0.25) is 0 Å². The summed E-state index contributed by atoms with van der Waals surface area (Å²) >= 11 is 0. The van der Waals surface area contributed by atoms with Crippen molar-refractivity contribution in [1.29, 1.82) is 0 Å². The van der Waals surface area contributed by atoms with Gasteiger partial charge in [-0.15, -0.1) is 0 Å². The Morgan fingerprint density at radius 2 is 1.89 bits per heavy atom. The molecule has 2 aromatic rings. The summed E-state index contributed by atoms with van der Waals surface area (Å²) in [5.74, 6) is 0. The number of fused-ring (bicyclic) bond motifs is 1. The van der Waals surface area contributed by atoms with Gasteiger partial charge >= 0.3 is 7.48 Å². The van der Waals surface area contributed by atoms with Gasteiger partial charge in [0.25, 0.3) is 0 Å². The first kappa shape index (κ1) is 11.7. The fourth-order valence-electron chi connectivity index (χ4n) is 1.89. The monoisotopic (exact) mass is 257 g/mol. The van der Waals surface area contributed by atoms with Crippen molar-refractivity contribution >= 4 is 23.7 Å². The Labute approximate surface area is 108 Å². The van der Waals surface area contributed by atoms with Crippen LogP contribution < -0.4 is 5.46 Å². The van der Waals surface area contributed by atoms with Crippen molar-refractivity contribution in [3.8, 4) is 0 Å². The average molecular weight is 257 g/mol. The Hall–Kier alpha value is -1.43. The highest BCUT2D eigenvalue weighted by Gasteiger charge is 2.23. The topological polar surface area (TPSA) is 46.5 Å². The second kappa shape index (κ2) is 4.68. The lowest BCUT2D eigenvalue weighted by Crippen LogP contribution is -2.12. The normalized spacial score (nSPS) is 19.1. The molecule has 0 saturated heterocycles. The molecule has 0 aromatic heterocycles. The molecule has 2 aromatic carbocycles. The first-order chi connectivity index (χ1) is 8.75. The van der Waals surface area contributed by atoms with Crippen LogP contribution in [-0.4, -0.2) is 16.8 Å². The number of hydrogen-bond donors (Lipinski definition) is 1. The first-order valence-electron chi connectivity index (χ1n) is 5.53. The first-order valence-corrected chi connectivity index (χ1v) is 6.68. The maximum Gasteiger partial charge on any atom is 0.334 e. The Bertz CT molecular complexity index is 600. The highest BCUT2D eigenvalue weighted by molar-refractivity contribution is 7.85. The summed E-state index contributed by atoms with van der Waals surface area (Å²) in [5.41, 5.74) is 1.49. The maximum absolute atomic E-state index is 12.3. The highest BCUT2D eigenvalue weighted by Crippen LogP contribution is 2.21. The quantitative estimate of drug-likeness (QED) is 0.820. The largest absolute Gasteiger partial charge is 0.407 e. The number of benzene rings is 2. The van der Waals surface area contributed by atoms with Gasteiger partial charge in [-0.25, -0.2) is 4.21 Å². The third-order valence-electron chi connectivity index (χ3n) is 2.82. The molecule has 1 heterocycles. The van der Waals surface area contributed by atoms with Crippen LogP contribution >= 0.6 is 0 Å². The summed E-state index contributed by atoms with van der Waals surface area (Å²) in [4.78, 5) is 1.46. The number of aliphatic hydroxyl groups excluding tert-OH is 1. The van der Waals surface area contributed by atoms with E-state index in [-0.39, 0.29) is 0 Å². The van der Waals surface area contributed by atoms with Crippen LogP contribution in [0.3, 0.4) is 0 Å². The molecular formula is C13H10BO3S. The molecule has 0 saturated carbocycles. The molecule has 0 aliphatic carbocycles. The molecule has 3 rings (SSSR count). The van der Waals surface area contributed by atoms with E-state index in [9.17, 15) is 9.32 Å². The molecule has 1 N–H and O–H groups in total. The van der Waals surface area contributed by atoms with Gasteiger partial charge in [0.15, 0.2) is 6.29 Å². The molecule has 0 bridgehead atoms. The smallest absolute Gasteiger partial charge is 0.334 e. The van der Waals surface area contributed by atoms with Crippen molar-refractivity contribution in [3.63, 3.8) is 0 Å². The van der Waals surface area contributed by atoms with Crippen LogP contribution in [0.5, 0.6) is 0 Å². The molecule has 2 unspecified atom stereocenters. The van der Waals surface area contributed by atoms with E-state index in [0.29, 0.717) is 10.5 Å².